The highest BCUT2D eigenvalue weighted by molar-refractivity contribution is 5.90. The van der Waals surface area contributed by atoms with E-state index in [0.717, 1.165) is 18.5 Å². The Balaban J connectivity index is 2.27. The van der Waals surface area contributed by atoms with Gasteiger partial charge in [0.05, 0.1) is 5.69 Å². The predicted molar refractivity (Wildman–Crippen MR) is 67.8 cm³/mol. The molecule has 4 heteroatoms. The molecule has 1 aromatic rings. The van der Waals surface area contributed by atoms with Crippen LogP contribution >= 0.6 is 0 Å². The minimum Gasteiger partial charge on any atom is -0.338 e. The number of unbranched alkanes of at least 4 members (excludes halogenated alkanes) is 3. The molecule has 0 radical (unpaired) electrons. The van der Waals surface area contributed by atoms with Gasteiger partial charge >= 0.3 is 0 Å². The SMILES string of the molecule is CCCCCCC(C)C(=O)Nc1cc(C)no1. The lowest BCUT2D eigenvalue weighted by Crippen LogP contribution is -2.20. The van der Waals surface area contributed by atoms with Gasteiger partial charge in [0.15, 0.2) is 0 Å². The molecule has 0 aliphatic rings. The van der Waals surface area contributed by atoms with Crippen molar-refractivity contribution < 1.29 is 9.32 Å². The number of aromatic nitrogens is 1. The number of hydrogen-bond donors (Lipinski definition) is 1. The normalized spacial score (nSPS) is 12.4. The highest BCUT2D eigenvalue weighted by Crippen LogP contribution is 2.14. The van der Waals surface area contributed by atoms with Crippen molar-refractivity contribution in [1.82, 2.24) is 5.16 Å². The van der Waals surface area contributed by atoms with Gasteiger partial charge in [0.1, 0.15) is 0 Å². The lowest BCUT2D eigenvalue weighted by molar-refractivity contribution is -0.119. The van der Waals surface area contributed by atoms with E-state index in [2.05, 4.69) is 17.4 Å². The fourth-order valence-electron chi connectivity index (χ4n) is 1.68. The molecule has 1 unspecified atom stereocenters. The van der Waals surface area contributed by atoms with Crippen LogP contribution in [0.1, 0.15) is 51.6 Å². The van der Waals surface area contributed by atoms with Crippen LogP contribution in [0.25, 0.3) is 0 Å². The second kappa shape index (κ2) is 7.09. The van der Waals surface area contributed by atoms with Crippen LogP contribution in [0.5, 0.6) is 0 Å². The van der Waals surface area contributed by atoms with Gasteiger partial charge in [-0.1, -0.05) is 44.7 Å². The molecule has 0 fully saturated rings. The molecule has 0 spiro atoms. The van der Waals surface area contributed by atoms with E-state index in [4.69, 9.17) is 4.52 Å². The van der Waals surface area contributed by atoms with Gasteiger partial charge in [-0.3, -0.25) is 10.1 Å². The van der Waals surface area contributed by atoms with E-state index in [-0.39, 0.29) is 11.8 Å². The topological polar surface area (TPSA) is 55.1 Å². The molecule has 1 heterocycles. The summed E-state index contributed by atoms with van der Waals surface area (Å²) in [5.74, 6) is 0.475. The molecule has 0 aliphatic heterocycles. The molecular formula is C13H22N2O2. The predicted octanol–water partition coefficient (Wildman–Crippen LogP) is 3.53. The Kier molecular flexibility index (Phi) is 5.73. The van der Waals surface area contributed by atoms with E-state index in [9.17, 15) is 4.79 Å². The number of carbonyl (C=O) groups is 1. The van der Waals surface area contributed by atoms with Crippen molar-refractivity contribution >= 4 is 11.8 Å². The maximum atomic E-state index is 11.8. The van der Waals surface area contributed by atoms with Crippen molar-refractivity contribution in [3.8, 4) is 0 Å². The van der Waals surface area contributed by atoms with Gasteiger partial charge < -0.3 is 4.52 Å². The third-order valence-corrected chi connectivity index (χ3v) is 2.81. The van der Waals surface area contributed by atoms with Crippen molar-refractivity contribution in [3.63, 3.8) is 0 Å². The molecule has 0 saturated heterocycles. The summed E-state index contributed by atoms with van der Waals surface area (Å²) in [6.07, 6.45) is 5.71. The van der Waals surface area contributed by atoms with Gasteiger partial charge in [-0.25, -0.2) is 0 Å². The second-order valence-electron chi connectivity index (χ2n) is 4.57. The Morgan fingerprint density at radius 3 is 2.82 bits per heavy atom. The van der Waals surface area contributed by atoms with Crippen LogP contribution < -0.4 is 5.32 Å². The van der Waals surface area contributed by atoms with Gasteiger partial charge in [-0.05, 0) is 13.3 Å². The largest absolute Gasteiger partial charge is 0.338 e. The van der Waals surface area contributed by atoms with Crippen LogP contribution in [0.2, 0.25) is 0 Å². The number of rotatable bonds is 7. The molecular weight excluding hydrogens is 216 g/mol. The van der Waals surface area contributed by atoms with Gasteiger partial charge in [0.25, 0.3) is 0 Å². The number of nitrogens with zero attached hydrogens (tertiary/aromatic N) is 1. The molecule has 1 N–H and O–H groups in total. The Labute approximate surface area is 103 Å². The van der Waals surface area contributed by atoms with E-state index in [0.29, 0.717) is 5.88 Å². The summed E-state index contributed by atoms with van der Waals surface area (Å²) in [7, 11) is 0. The Morgan fingerprint density at radius 2 is 2.24 bits per heavy atom. The van der Waals surface area contributed by atoms with E-state index < -0.39 is 0 Å². The maximum absolute atomic E-state index is 11.8. The Hall–Kier alpha value is -1.32. The van der Waals surface area contributed by atoms with Crippen molar-refractivity contribution in [2.75, 3.05) is 5.32 Å². The standard InChI is InChI=1S/C13H22N2O2/c1-4-5-6-7-8-10(2)13(16)14-12-9-11(3)15-17-12/h9-10H,4-8H2,1-3H3,(H,14,16). The summed E-state index contributed by atoms with van der Waals surface area (Å²) in [6.45, 7) is 5.96. The monoisotopic (exact) mass is 238 g/mol. The fraction of sp³-hybridized carbons (Fsp3) is 0.692. The lowest BCUT2D eigenvalue weighted by Gasteiger charge is -2.09. The third kappa shape index (κ3) is 5.02. The van der Waals surface area contributed by atoms with Crippen LogP contribution in [-0.2, 0) is 4.79 Å². The number of hydrogen-bond acceptors (Lipinski definition) is 3. The van der Waals surface area contributed by atoms with Crippen LogP contribution in [-0.4, -0.2) is 11.1 Å². The van der Waals surface area contributed by atoms with Crippen molar-refractivity contribution in [1.29, 1.82) is 0 Å². The number of aryl methyl sites for hydroxylation is 1. The fourth-order valence-corrected chi connectivity index (χ4v) is 1.68. The first kappa shape index (κ1) is 13.7. The van der Waals surface area contributed by atoms with E-state index in [1.165, 1.54) is 19.3 Å². The number of carbonyl (C=O) groups excluding carboxylic acids is 1. The molecule has 1 aromatic heterocycles. The third-order valence-electron chi connectivity index (χ3n) is 2.81. The quantitative estimate of drug-likeness (QED) is 0.739. The molecule has 1 amide bonds. The summed E-state index contributed by atoms with van der Waals surface area (Å²) in [5.41, 5.74) is 0.774. The summed E-state index contributed by atoms with van der Waals surface area (Å²) < 4.78 is 4.95. The summed E-state index contributed by atoms with van der Waals surface area (Å²) >= 11 is 0. The summed E-state index contributed by atoms with van der Waals surface area (Å²) in [4.78, 5) is 11.8. The zero-order valence-electron chi connectivity index (χ0n) is 11.0. The lowest BCUT2D eigenvalue weighted by atomic mass is 10.0. The van der Waals surface area contributed by atoms with E-state index in [1.807, 2.05) is 13.8 Å². The molecule has 0 bridgehead atoms. The average molecular weight is 238 g/mol. The maximum Gasteiger partial charge on any atom is 0.231 e. The second-order valence-corrected chi connectivity index (χ2v) is 4.57. The van der Waals surface area contributed by atoms with Gasteiger partial charge in [-0.2, -0.15) is 0 Å². The highest BCUT2D eigenvalue weighted by Gasteiger charge is 2.14. The van der Waals surface area contributed by atoms with Crippen molar-refractivity contribution in [2.24, 2.45) is 5.92 Å². The zero-order chi connectivity index (χ0) is 12.7. The molecule has 0 saturated carbocycles. The van der Waals surface area contributed by atoms with Crippen molar-refractivity contribution in [3.05, 3.63) is 11.8 Å². The van der Waals surface area contributed by atoms with Gasteiger partial charge in [0, 0.05) is 12.0 Å². The summed E-state index contributed by atoms with van der Waals surface area (Å²) in [6, 6.07) is 1.72. The van der Waals surface area contributed by atoms with Crippen molar-refractivity contribution in [2.45, 2.75) is 52.9 Å². The first-order chi connectivity index (χ1) is 8.13. The number of amides is 1. The van der Waals surface area contributed by atoms with Crippen LogP contribution in [0, 0.1) is 12.8 Å². The number of anilines is 1. The first-order valence-corrected chi connectivity index (χ1v) is 6.37. The van der Waals surface area contributed by atoms with Crippen LogP contribution in [0.15, 0.2) is 10.6 Å². The van der Waals surface area contributed by atoms with Crippen LogP contribution in [0.4, 0.5) is 5.88 Å². The van der Waals surface area contributed by atoms with Gasteiger partial charge in [0.2, 0.25) is 11.8 Å². The van der Waals surface area contributed by atoms with E-state index >= 15 is 0 Å². The highest BCUT2D eigenvalue weighted by atomic mass is 16.5. The minimum absolute atomic E-state index is 0.0117. The Bertz CT molecular complexity index is 347. The van der Waals surface area contributed by atoms with Crippen LogP contribution in [0.3, 0.4) is 0 Å². The molecule has 4 nitrogen and oxygen atoms in total. The molecule has 1 rings (SSSR count). The molecule has 0 aliphatic carbocycles. The van der Waals surface area contributed by atoms with Gasteiger partial charge in [-0.15, -0.1) is 0 Å². The molecule has 1 atom stereocenters. The summed E-state index contributed by atoms with van der Waals surface area (Å²) in [5, 5.41) is 6.46. The van der Waals surface area contributed by atoms with E-state index in [1.54, 1.807) is 6.07 Å². The molecule has 17 heavy (non-hydrogen) atoms. The minimum atomic E-state index is 0.0117. The first-order valence-electron chi connectivity index (χ1n) is 6.37. The number of nitrogens with one attached hydrogen (secondary N) is 1. The Morgan fingerprint density at radius 1 is 1.47 bits per heavy atom. The molecule has 0 aromatic carbocycles. The smallest absolute Gasteiger partial charge is 0.231 e. The average Bonchev–Trinajstić information content (AvgIpc) is 2.70. The zero-order valence-corrected chi connectivity index (χ0v) is 11.0. The molecule has 96 valence electrons.